The fraction of sp³-hybridized carbons (Fsp3) is 0. The van der Waals surface area contributed by atoms with Gasteiger partial charge in [0.15, 0.2) is 5.13 Å². The molecule has 0 atom stereocenters. The minimum absolute atomic E-state index is 0.166. The molecule has 0 radical (unpaired) electrons. The van der Waals surface area contributed by atoms with E-state index in [1.807, 2.05) is 24.3 Å². The second kappa shape index (κ2) is 6.33. The van der Waals surface area contributed by atoms with Crippen LogP contribution in [0.3, 0.4) is 0 Å². The maximum Gasteiger partial charge on any atom is 0.255 e. The first kappa shape index (κ1) is 15.4. The predicted octanol–water partition coefficient (Wildman–Crippen LogP) is 4.36. The predicted molar refractivity (Wildman–Crippen MR) is 97.2 cm³/mol. The van der Waals surface area contributed by atoms with Gasteiger partial charge >= 0.3 is 0 Å². The second-order valence-corrected chi connectivity index (χ2v) is 7.23. The molecule has 0 aliphatic carbocycles. The van der Waals surface area contributed by atoms with E-state index in [4.69, 9.17) is 5.84 Å². The monoisotopic (exact) mass is 440 g/mol. The molecule has 0 bridgehead atoms. The molecule has 2 aromatic carbocycles. The molecule has 0 aliphatic rings. The number of halogens is 2. The fourth-order valence-corrected chi connectivity index (χ4v) is 3.71. The number of nitrogen functional groups attached to an aromatic ring is 1. The number of hydrazine groups is 1. The molecule has 8 heteroatoms. The largest absolute Gasteiger partial charge is 0.322 e. The number of anilines is 2. The summed E-state index contributed by atoms with van der Waals surface area (Å²) < 4.78 is 2.65. The van der Waals surface area contributed by atoms with Crippen molar-refractivity contribution in [2.45, 2.75) is 0 Å². The van der Waals surface area contributed by atoms with Crippen molar-refractivity contribution >= 4 is 70.1 Å². The molecular weight excluding hydrogens is 432 g/mol. The summed E-state index contributed by atoms with van der Waals surface area (Å²) in [5, 5.41) is 3.50. The minimum atomic E-state index is -0.166. The Morgan fingerprint density at radius 1 is 1.18 bits per heavy atom. The Bertz CT molecular complexity index is 848. The first-order valence-electron chi connectivity index (χ1n) is 6.20. The van der Waals surface area contributed by atoms with Crippen LogP contribution in [0.4, 0.5) is 10.8 Å². The van der Waals surface area contributed by atoms with Gasteiger partial charge in [-0.15, -0.1) is 0 Å². The van der Waals surface area contributed by atoms with Crippen LogP contribution in [0.2, 0.25) is 0 Å². The quantitative estimate of drug-likeness (QED) is 0.416. The summed E-state index contributed by atoms with van der Waals surface area (Å²) in [5.74, 6) is 5.21. The number of aromatic nitrogens is 1. The van der Waals surface area contributed by atoms with Gasteiger partial charge in [0.1, 0.15) is 0 Å². The van der Waals surface area contributed by atoms with E-state index < -0.39 is 0 Å². The zero-order valence-electron chi connectivity index (χ0n) is 11.1. The third-order valence-electron chi connectivity index (χ3n) is 2.94. The average Bonchev–Trinajstić information content (AvgIpc) is 2.91. The SMILES string of the molecule is NNc1nc2c(Br)cc(NC(=O)c3ccc(Br)cc3)cc2s1. The number of rotatable bonds is 3. The van der Waals surface area contributed by atoms with E-state index in [-0.39, 0.29) is 5.91 Å². The molecular formula is C14H10Br2N4OS. The topological polar surface area (TPSA) is 80.0 Å². The number of fused-ring (bicyclic) bond motifs is 1. The van der Waals surface area contributed by atoms with Crippen LogP contribution in [-0.2, 0) is 0 Å². The third kappa shape index (κ3) is 3.14. The van der Waals surface area contributed by atoms with Crippen LogP contribution in [0.25, 0.3) is 10.2 Å². The van der Waals surface area contributed by atoms with Crippen molar-refractivity contribution in [3.63, 3.8) is 0 Å². The number of hydrogen-bond acceptors (Lipinski definition) is 5. The number of hydrogen-bond donors (Lipinski definition) is 3. The smallest absolute Gasteiger partial charge is 0.255 e. The first-order chi connectivity index (χ1) is 10.6. The highest BCUT2D eigenvalue weighted by Gasteiger charge is 2.11. The van der Waals surface area contributed by atoms with Gasteiger partial charge in [0, 0.05) is 20.2 Å². The molecule has 4 N–H and O–H groups in total. The van der Waals surface area contributed by atoms with E-state index >= 15 is 0 Å². The molecule has 0 unspecified atom stereocenters. The van der Waals surface area contributed by atoms with Crippen molar-refractivity contribution in [1.29, 1.82) is 0 Å². The van der Waals surface area contributed by atoms with Gasteiger partial charge in [0.2, 0.25) is 0 Å². The molecule has 0 saturated heterocycles. The minimum Gasteiger partial charge on any atom is -0.322 e. The van der Waals surface area contributed by atoms with Gasteiger partial charge in [-0.3, -0.25) is 10.2 Å². The normalized spacial score (nSPS) is 10.7. The molecule has 112 valence electrons. The van der Waals surface area contributed by atoms with Gasteiger partial charge < -0.3 is 5.32 Å². The number of carbonyl (C=O) groups excluding carboxylic acids is 1. The summed E-state index contributed by atoms with van der Waals surface area (Å²) in [7, 11) is 0. The van der Waals surface area contributed by atoms with E-state index in [2.05, 4.69) is 47.6 Å². The lowest BCUT2D eigenvalue weighted by Gasteiger charge is -2.06. The van der Waals surface area contributed by atoms with Crippen LogP contribution < -0.4 is 16.6 Å². The Morgan fingerprint density at radius 3 is 2.59 bits per heavy atom. The molecule has 0 fully saturated rings. The van der Waals surface area contributed by atoms with E-state index in [1.165, 1.54) is 11.3 Å². The molecule has 0 spiro atoms. The third-order valence-corrected chi connectivity index (χ3v) is 5.00. The number of nitrogens with two attached hydrogens (primary N) is 1. The van der Waals surface area contributed by atoms with Crippen LogP contribution >= 0.6 is 43.2 Å². The molecule has 1 amide bonds. The highest BCUT2D eigenvalue weighted by atomic mass is 79.9. The van der Waals surface area contributed by atoms with Gasteiger partial charge in [-0.05, 0) is 52.3 Å². The number of nitrogens with zero attached hydrogens (tertiary/aromatic N) is 1. The number of thiazole rings is 1. The van der Waals surface area contributed by atoms with Crippen molar-refractivity contribution in [2.75, 3.05) is 10.7 Å². The van der Waals surface area contributed by atoms with Crippen molar-refractivity contribution in [2.24, 2.45) is 5.84 Å². The summed E-state index contributed by atoms with van der Waals surface area (Å²) in [6.45, 7) is 0. The Kier molecular flexibility index (Phi) is 4.44. The molecule has 3 rings (SSSR count). The van der Waals surface area contributed by atoms with Gasteiger partial charge in [-0.1, -0.05) is 27.3 Å². The maximum absolute atomic E-state index is 12.2. The molecule has 5 nitrogen and oxygen atoms in total. The van der Waals surface area contributed by atoms with Crippen LogP contribution in [0, 0.1) is 0 Å². The van der Waals surface area contributed by atoms with Gasteiger partial charge in [0.25, 0.3) is 5.91 Å². The van der Waals surface area contributed by atoms with Crippen LogP contribution in [0.15, 0.2) is 45.3 Å². The fourth-order valence-electron chi connectivity index (χ4n) is 1.93. The maximum atomic E-state index is 12.2. The Balaban J connectivity index is 1.90. The van der Waals surface area contributed by atoms with Gasteiger partial charge in [-0.2, -0.15) is 0 Å². The lowest BCUT2D eigenvalue weighted by atomic mass is 10.2. The average molecular weight is 442 g/mol. The number of benzene rings is 2. The molecule has 0 saturated carbocycles. The summed E-state index contributed by atoms with van der Waals surface area (Å²) in [5.41, 5.74) is 4.62. The zero-order chi connectivity index (χ0) is 15.7. The Hall–Kier alpha value is -1.48. The second-order valence-electron chi connectivity index (χ2n) is 4.43. The van der Waals surface area contributed by atoms with Crippen molar-refractivity contribution in [3.05, 3.63) is 50.9 Å². The van der Waals surface area contributed by atoms with E-state index in [1.54, 1.807) is 12.1 Å². The summed E-state index contributed by atoms with van der Waals surface area (Å²) >= 11 is 8.23. The lowest BCUT2D eigenvalue weighted by Crippen LogP contribution is -2.11. The van der Waals surface area contributed by atoms with Gasteiger partial charge in [0.05, 0.1) is 10.2 Å². The highest BCUT2D eigenvalue weighted by Crippen LogP contribution is 2.33. The lowest BCUT2D eigenvalue weighted by molar-refractivity contribution is 0.102. The summed E-state index contributed by atoms with van der Waals surface area (Å²) in [4.78, 5) is 16.6. The standard InChI is InChI=1S/C14H10Br2N4OS/c15-8-3-1-7(2-4-8)13(21)18-9-5-10(16)12-11(6-9)22-14(19-12)20-17/h1-6H,17H2,(H,18,21)(H,19,20). The molecule has 3 aromatic rings. The highest BCUT2D eigenvalue weighted by molar-refractivity contribution is 9.11. The van der Waals surface area contributed by atoms with Crippen LogP contribution in [0.1, 0.15) is 10.4 Å². The van der Waals surface area contributed by atoms with E-state index in [9.17, 15) is 4.79 Å². The number of amides is 1. The van der Waals surface area contributed by atoms with E-state index in [0.29, 0.717) is 16.4 Å². The Morgan fingerprint density at radius 2 is 1.91 bits per heavy atom. The van der Waals surface area contributed by atoms with E-state index in [0.717, 1.165) is 19.2 Å². The number of nitrogens with one attached hydrogen (secondary N) is 2. The summed E-state index contributed by atoms with van der Waals surface area (Å²) in [6.07, 6.45) is 0. The van der Waals surface area contributed by atoms with Crippen LogP contribution in [0.5, 0.6) is 0 Å². The first-order valence-corrected chi connectivity index (χ1v) is 8.60. The van der Waals surface area contributed by atoms with Gasteiger partial charge in [-0.25, -0.2) is 10.8 Å². The summed E-state index contributed by atoms with van der Waals surface area (Å²) in [6, 6.07) is 10.9. The van der Waals surface area contributed by atoms with Crippen LogP contribution in [-0.4, -0.2) is 10.9 Å². The van der Waals surface area contributed by atoms with Crippen molar-refractivity contribution in [3.8, 4) is 0 Å². The van der Waals surface area contributed by atoms with Crippen molar-refractivity contribution < 1.29 is 4.79 Å². The molecule has 1 heterocycles. The zero-order valence-corrected chi connectivity index (χ0v) is 15.0. The molecule has 22 heavy (non-hydrogen) atoms. The van der Waals surface area contributed by atoms with Crippen molar-refractivity contribution in [1.82, 2.24) is 4.98 Å². The molecule has 1 aromatic heterocycles. The Labute approximate surface area is 147 Å². The number of carbonyl (C=O) groups is 1. The molecule has 0 aliphatic heterocycles.